The Morgan fingerprint density at radius 2 is 2.13 bits per heavy atom. The number of aliphatic imine (C=N–C) groups is 1. The maximum atomic E-state index is 7.12. The highest BCUT2D eigenvalue weighted by atomic mass is 35.5. The van der Waals surface area contributed by atoms with Crippen molar-refractivity contribution in [3.8, 4) is 0 Å². The molecule has 1 spiro atoms. The summed E-state index contributed by atoms with van der Waals surface area (Å²) in [5.74, 6) is 2.17. The average Bonchev–Trinajstić information content (AvgIpc) is 3.45. The third kappa shape index (κ3) is 3.58. The molecule has 4 atom stereocenters. The van der Waals surface area contributed by atoms with Gasteiger partial charge in [0.1, 0.15) is 23.2 Å². The summed E-state index contributed by atoms with van der Waals surface area (Å²) < 4.78 is 0. The number of allylic oxidation sites excluding steroid dienone is 2. The van der Waals surface area contributed by atoms with E-state index in [1.807, 2.05) is 18.3 Å². The Morgan fingerprint density at radius 1 is 1.23 bits per heavy atom. The first-order valence-corrected chi connectivity index (χ1v) is 12.2. The third-order valence-electron chi connectivity index (χ3n) is 7.30. The smallest absolute Gasteiger partial charge is 0.135 e. The van der Waals surface area contributed by atoms with Gasteiger partial charge in [0.05, 0.1) is 16.8 Å². The van der Waals surface area contributed by atoms with Crippen LogP contribution in [0.3, 0.4) is 0 Å². The van der Waals surface area contributed by atoms with Crippen molar-refractivity contribution in [1.29, 1.82) is 0 Å². The molecule has 5 heterocycles. The normalized spacial score (nSPS) is 33.9. The van der Waals surface area contributed by atoms with Crippen molar-refractivity contribution in [2.75, 3.05) is 19.6 Å². The van der Waals surface area contributed by atoms with Gasteiger partial charge >= 0.3 is 0 Å². The van der Waals surface area contributed by atoms with Gasteiger partial charge in [0.2, 0.25) is 0 Å². The number of hydrogen-bond acceptors (Lipinski definition) is 6. The zero-order chi connectivity index (χ0) is 21.0. The van der Waals surface area contributed by atoms with Crippen molar-refractivity contribution < 1.29 is 0 Å². The van der Waals surface area contributed by atoms with E-state index >= 15 is 0 Å². The van der Waals surface area contributed by atoms with E-state index in [0.717, 1.165) is 55.4 Å². The molecule has 2 N–H and O–H groups in total. The molecular weight excluding hydrogens is 431 g/mol. The lowest BCUT2D eigenvalue weighted by molar-refractivity contribution is 0.183. The Morgan fingerprint density at radius 3 is 2.97 bits per heavy atom. The van der Waals surface area contributed by atoms with Crippen LogP contribution in [0.25, 0.3) is 0 Å². The van der Waals surface area contributed by atoms with E-state index in [0.29, 0.717) is 5.54 Å². The number of fused-ring (bicyclic) bond motifs is 1. The Kier molecular flexibility index (Phi) is 5.02. The predicted molar refractivity (Wildman–Crippen MR) is 124 cm³/mol. The lowest BCUT2D eigenvalue weighted by Gasteiger charge is -2.42. The first-order valence-electron chi connectivity index (χ1n) is 11.4. The van der Waals surface area contributed by atoms with Crippen LogP contribution in [0, 0.1) is 0 Å². The van der Waals surface area contributed by atoms with Crippen molar-refractivity contribution in [2.24, 2.45) is 4.99 Å². The van der Waals surface area contributed by atoms with Gasteiger partial charge in [0.15, 0.2) is 0 Å². The first kappa shape index (κ1) is 20.0. The standard InChI is InChI=1S/C23H28Cl2N6/c24-15-4-3-11-26-20(15)16-5-1-6-17(28-16)21-22(25)31-18(29-21)7-2-8-19(31)30-13-12-27-23(14-30)9-10-23/h2-4,7-8,11,16-17,21-22,27-28H,1,5-6,9-10,12-14H2/t16-,17+,21?,22?/m0/s1. The second-order valence-corrected chi connectivity index (χ2v) is 10.2. The Bertz CT molecular complexity index is 955. The molecule has 4 aliphatic heterocycles. The van der Waals surface area contributed by atoms with Crippen LogP contribution < -0.4 is 10.6 Å². The lowest BCUT2D eigenvalue weighted by Crippen LogP contribution is -2.56. The summed E-state index contributed by atoms with van der Waals surface area (Å²) in [6, 6.07) is 4.12. The number of alkyl halides is 1. The second kappa shape index (κ2) is 7.77. The molecule has 0 bridgehead atoms. The van der Waals surface area contributed by atoms with Gasteiger partial charge in [-0.3, -0.25) is 14.9 Å². The molecule has 5 aliphatic rings. The third-order valence-corrected chi connectivity index (χ3v) is 8.07. The molecule has 0 radical (unpaired) electrons. The number of halogens is 2. The molecule has 6 nitrogen and oxygen atoms in total. The minimum Gasteiger partial charge on any atom is -0.355 e. The van der Waals surface area contributed by atoms with E-state index in [4.69, 9.17) is 28.2 Å². The van der Waals surface area contributed by atoms with Crippen molar-refractivity contribution in [3.05, 3.63) is 53.1 Å². The van der Waals surface area contributed by atoms with Crippen LogP contribution in [0.2, 0.25) is 5.02 Å². The largest absolute Gasteiger partial charge is 0.355 e. The summed E-state index contributed by atoms with van der Waals surface area (Å²) >= 11 is 13.6. The van der Waals surface area contributed by atoms with Crippen molar-refractivity contribution >= 4 is 29.0 Å². The number of hydrogen-bond donors (Lipinski definition) is 2. The van der Waals surface area contributed by atoms with Gasteiger partial charge in [-0.1, -0.05) is 29.3 Å². The molecule has 164 valence electrons. The second-order valence-electron chi connectivity index (χ2n) is 9.36. The summed E-state index contributed by atoms with van der Waals surface area (Å²) in [6.07, 6.45) is 13.9. The molecule has 2 saturated heterocycles. The maximum Gasteiger partial charge on any atom is 0.135 e. The summed E-state index contributed by atoms with van der Waals surface area (Å²) in [4.78, 5) is 14.4. The fourth-order valence-electron chi connectivity index (χ4n) is 5.51. The van der Waals surface area contributed by atoms with Crippen LogP contribution in [-0.2, 0) is 0 Å². The van der Waals surface area contributed by atoms with Crippen molar-refractivity contribution in [2.45, 2.75) is 61.3 Å². The van der Waals surface area contributed by atoms with E-state index in [-0.39, 0.29) is 23.6 Å². The molecule has 0 aromatic carbocycles. The molecular formula is C23H28Cl2N6. The number of piperazine rings is 1. The molecule has 3 fully saturated rings. The fourth-order valence-corrected chi connectivity index (χ4v) is 6.19. The summed E-state index contributed by atoms with van der Waals surface area (Å²) in [7, 11) is 0. The molecule has 31 heavy (non-hydrogen) atoms. The molecule has 1 aliphatic carbocycles. The predicted octanol–water partition coefficient (Wildman–Crippen LogP) is 3.41. The molecule has 1 aromatic heterocycles. The molecule has 6 rings (SSSR count). The van der Waals surface area contributed by atoms with Crippen molar-refractivity contribution in [3.63, 3.8) is 0 Å². The zero-order valence-electron chi connectivity index (χ0n) is 17.5. The average molecular weight is 459 g/mol. The van der Waals surface area contributed by atoms with Gasteiger partial charge in [0, 0.05) is 37.4 Å². The van der Waals surface area contributed by atoms with Crippen LogP contribution >= 0.6 is 23.2 Å². The summed E-state index contributed by atoms with van der Waals surface area (Å²) in [5.41, 5.74) is 1.05. The Balaban J connectivity index is 1.21. The van der Waals surface area contributed by atoms with Crippen LogP contribution in [0.15, 0.2) is 47.4 Å². The van der Waals surface area contributed by atoms with Crippen LogP contribution in [0.5, 0.6) is 0 Å². The summed E-state index contributed by atoms with van der Waals surface area (Å²) in [6.45, 7) is 3.07. The van der Waals surface area contributed by atoms with Gasteiger partial charge in [-0.15, -0.1) is 0 Å². The minimum atomic E-state index is -0.202. The van der Waals surface area contributed by atoms with E-state index in [9.17, 15) is 0 Å². The monoisotopic (exact) mass is 458 g/mol. The zero-order valence-corrected chi connectivity index (χ0v) is 19.0. The van der Waals surface area contributed by atoms with Gasteiger partial charge in [-0.05, 0) is 56.4 Å². The van der Waals surface area contributed by atoms with Crippen LogP contribution in [-0.4, -0.2) is 63.4 Å². The summed E-state index contributed by atoms with van der Waals surface area (Å²) in [5, 5.41) is 8.20. The topological polar surface area (TPSA) is 55.8 Å². The highest BCUT2D eigenvalue weighted by molar-refractivity contribution is 6.31. The number of rotatable bonds is 3. The number of piperidine rings is 1. The van der Waals surface area contributed by atoms with Gasteiger partial charge in [0.25, 0.3) is 0 Å². The molecule has 1 saturated carbocycles. The maximum absolute atomic E-state index is 7.12. The van der Waals surface area contributed by atoms with Gasteiger partial charge in [-0.25, -0.2) is 0 Å². The van der Waals surface area contributed by atoms with E-state index in [1.165, 1.54) is 18.7 Å². The number of nitrogens with one attached hydrogen (secondary N) is 2. The quantitative estimate of drug-likeness (QED) is 0.536. The Hall–Kier alpha value is -1.60. The highest BCUT2D eigenvalue weighted by Gasteiger charge is 2.48. The van der Waals surface area contributed by atoms with Crippen molar-refractivity contribution in [1.82, 2.24) is 25.4 Å². The van der Waals surface area contributed by atoms with Crippen LogP contribution in [0.4, 0.5) is 0 Å². The lowest BCUT2D eigenvalue weighted by atomic mass is 9.92. The number of nitrogens with zero attached hydrogens (tertiary/aromatic N) is 4. The first-order chi connectivity index (χ1) is 15.1. The number of amidine groups is 1. The minimum absolute atomic E-state index is 0.00842. The van der Waals surface area contributed by atoms with Gasteiger partial charge < -0.3 is 15.5 Å². The number of pyridine rings is 1. The molecule has 8 heteroatoms. The van der Waals surface area contributed by atoms with E-state index in [2.05, 4.69) is 43.6 Å². The molecule has 1 aromatic rings. The van der Waals surface area contributed by atoms with E-state index in [1.54, 1.807) is 0 Å². The SMILES string of the molecule is Clc1cccnc1[C@@H]1CCC[C@H](C2N=C3C=CC=C(N4CCNC5(CC5)C4)N3C2Cl)N1. The van der Waals surface area contributed by atoms with Crippen LogP contribution in [0.1, 0.15) is 43.8 Å². The highest BCUT2D eigenvalue weighted by Crippen LogP contribution is 2.41. The Labute approximate surface area is 193 Å². The number of aromatic nitrogens is 1. The van der Waals surface area contributed by atoms with Gasteiger partial charge in [-0.2, -0.15) is 0 Å². The van der Waals surface area contributed by atoms with E-state index < -0.39 is 0 Å². The molecule has 2 unspecified atom stereocenters. The fraction of sp³-hybridized carbons (Fsp3) is 0.565. The molecule has 0 amide bonds.